The third-order valence-corrected chi connectivity index (χ3v) is 3.86. The standard InChI is InChI=1S/C14H19ClN2O/c1-14(9-16,11-4-5-11)17-13(18)8-10-2-6-12(15)7-3-10/h2-3,6-7,11H,4-5,8-9,16H2,1H3,(H,17,18). The second-order valence-corrected chi connectivity index (χ2v) is 5.68. The highest BCUT2D eigenvalue weighted by atomic mass is 35.5. The minimum atomic E-state index is -0.247. The van der Waals surface area contributed by atoms with E-state index < -0.39 is 0 Å². The first kappa shape index (κ1) is 13.4. The van der Waals surface area contributed by atoms with Crippen LogP contribution in [0.2, 0.25) is 5.02 Å². The Morgan fingerprint density at radius 3 is 2.56 bits per heavy atom. The minimum Gasteiger partial charge on any atom is -0.349 e. The Labute approximate surface area is 113 Å². The number of amides is 1. The number of benzene rings is 1. The number of carbonyl (C=O) groups is 1. The molecule has 0 radical (unpaired) electrons. The van der Waals surface area contributed by atoms with Crippen LogP contribution in [0.15, 0.2) is 24.3 Å². The van der Waals surface area contributed by atoms with Crippen LogP contribution in [0, 0.1) is 5.92 Å². The first-order valence-electron chi connectivity index (χ1n) is 6.29. The first-order valence-corrected chi connectivity index (χ1v) is 6.67. The van der Waals surface area contributed by atoms with Crippen molar-refractivity contribution in [2.45, 2.75) is 31.7 Å². The normalized spacial score (nSPS) is 18.2. The van der Waals surface area contributed by atoms with Gasteiger partial charge in [0.15, 0.2) is 0 Å². The number of nitrogens with one attached hydrogen (secondary N) is 1. The van der Waals surface area contributed by atoms with Crippen molar-refractivity contribution in [3.63, 3.8) is 0 Å². The zero-order valence-electron chi connectivity index (χ0n) is 10.6. The summed E-state index contributed by atoms with van der Waals surface area (Å²) < 4.78 is 0. The van der Waals surface area contributed by atoms with E-state index in [0.29, 0.717) is 23.9 Å². The van der Waals surface area contributed by atoms with E-state index in [4.69, 9.17) is 17.3 Å². The van der Waals surface area contributed by atoms with Gasteiger partial charge < -0.3 is 11.1 Å². The van der Waals surface area contributed by atoms with Crippen molar-refractivity contribution in [3.8, 4) is 0 Å². The largest absolute Gasteiger partial charge is 0.349 e. The summed E-state index contributed by atoms with van der Waals surface area (Å²) in [7, 11) is 0. The fraction of sp³-hybridized carbons (Fsp3) is 0.500. The molecule has 1 aromatic rings. The summed E-state index contributed by atoms with van der Waals surface area (Å²) in [6, 6.07) is 7.35. The quantitative estimate of drug-likeness (QED) is 0.858. The van der Waals surface area contributed by atoms with Crippen LogP contribution in [0.4, 0.5) is 0 Å². The molecule has 0 aromatic heterocycles. The molecule has 3 nitrogen and oxygen atoms in total. The lowest BCUT2D eigenvalue weighted by molar-refractivity contribution is -0.122. The zero-order chi connectivity index (χ0) is 13.2. The van der Waals surface area contributed by atoms with Gasteiger partial charge in [0, 0.05) is 11.6 Å². The van der Waals surface area contributed by atoms with Crippen molar-refractivity contribution in [2.24, 2.45) is 11.7 Å². The van der Waals surface area contributed by atoms with E-state index in [1.165, 1.54) is 0 Å². The summed E-state index contributed by atoms with van der Waals surface area (Å²) in [5.74, 6) is 0.564. The molecule has 1 fully saturated rings. The Balaban J connectivity index is 1.93. The summed E-state index contributed by atoms with van der Waals surface area (Å²) in [6.07, 6.45) is 2.70. The molecule has 2 rings (SSSR count). The molecule has 0 aliphatic heterocycles. The van der Waals surface area contributed by atoms with Crippen LogP contribution in [0.5, 0.6) is 0 Å². The fourth-order valence-corrected chi connectivity index (χ4v) is 2.32. The van der Waals surface area contributed by atoms with Gasteiger partial charge in [0.2, 0.25) is 5.91 Å². The maximum absolute atomic E-state index is 12.0. The van der Waals surface area contributed by atoms with Gasteiger partial charge in [0.1, 0.15) is 0 Å². The lowest BCUT2D eigenvalue weighted by atomic mass is 9.95. The molecule has 18 heavy (non-hydrogen) atoms. The van der Waals surface area contributed by atoms with E-state index in [9.17, 15) is 4.79 Å². The van der Waals surface area contributed by atoms with E-state index in [1.807, 2.05) is 19.1 Å². The van der Waals surface area contributed by atoms with Crippen LogP contribution in [0.1, 0.15) is 25.3 Å². The summed E-state index contributed by atoms with van der Waals surface area (Å²) in [6.45, 7) is 2.52. The maximum atomic E-state index is 12.0. The summed E-state index contributed by atoms with van der Waals surface area (Å²) in [5, 5.41) is 3.76. The van der Waals surface area contributed by atoms with Gasteiger partial charge in [-0.05, 0) is 43.4 Å². The highest BCUT2D eigenvalue weighted by molar-refractivity contribution is 6.30. The topological polar surface area (TPSA) is 55.1 Å². The van der Waals surface area contributed by atoms with E-state index in [1.54, 1.807) is 12.1 Å². The molecule has 0 spiro atoms. The molecule has 1 aromatic carbocycles. The molecule has 1 amide bonds. The molecule has 1 atom stereocenters. The van der Waals surface area contributed by atoms with Gasteiger partial charge in [-0.1, -0.05) is 23.7 Å². The summed E-state index contributed by atoms with van der Waals surface area (Å²) in [5.41, 5.74) is 6.50. The van der Waals surface area contributed by atoms with Gasteiger partial charge in [-0.15, -0.1) is 0 Å². The molecule has 0 bridgehead atoms. The smallest absolute Gasteiger partial charge is 0.224 e. The molecule has 1 saturated carbocycles. The third-order valence-electron chi connectivity index (χ3n) is 3.61. The molecule has 0 heterocycles. The van der Waals surface area contributed by atoms with Crippen molar-refractivity contribution in [3.05, 3.63) is 34.9 Å². The molecule has 1 aliphatic rings. The Hall–Kier alpha value is -1.06. The highest BCUT2D eigenvalue weighted by Crippen LogP contribution is 2.38. The van der Waals surface area contributed by atoms with Crippen molar-refractivity contribution in [1.82, 2.24) is 5.32 Å². The number of carbonyl (C=O) groups excluding carboxylic acids is 1. The number of halogens is 1. The molecule has 4 heteroatoms. The van der Waals surface area contributed by atoms with Gasteiger partial charge in [-0.25, -0.2) is 0 Å². The zero-order valence-corrected chi connectivity index (χ0v) is 11.3. The van der Waals surface area contributed by atoms with Gasteiger partial charge in [-0.3, -0.25) is 4.79 Å². The van der Waals surface area contributed by atoms with Crippen molar-refractivity contribution in [2.75, 3.05) is 6.54 Å². The lowest BCUT2D eigenvalue weighted by Gasteiger charge is -2.29. The predicted molar refractivity (Wildman–Crippen MR) is 73.5 cm³/mol. The predicted octanol–water partition coefficient (Wildman–Crippen LogP) is 2.13. The molecule has 0 saturated heterocycles. The van der Waals surface area contributed by atoms with Crippen molar-refractivity contribution in [1.29, 1.82) is 0 Å². The monoisotopic (exact) mass is 266 g/mol. The van der Waals surface area contributed by atoms with Crippen LogP contribution in [-0.4, -0.2) is 18.0 Å². The molecule has 1 unspecified atom stereocenters. The lowest BCUT2D eigenvalue weighted by Crippen LogP contribution is -2.53. The SMILES string of the molecule is CC(CN)(NC(=O)Cc1ccc(Cl)cc1)C1CC1. The molecular formula is C14H19ClN2O. The number of rotatable bonds is 5. The maximum Gasteiger partial charge on any atom is 0.224 e. The Morgan fingerprint density at radius 1 is 1.44 bits per heavy atom. The first-order chi connectivity index (χ1) is 8.53. The Morgan fingerprint density at radius 2 is 2.06 bits per heavy atom. The highest BCUT2D eigenvalue weighted by Gasteiger charge is 2.41. The molecule has 98 valence electrons. The van der Waals surface area contributed by atoms with Gasteiger partial charge in [-0.2, -0.15) is 0 Å². The van der Waals surface area contributed by atoms with Gasteiger partial charge >= 0.3 is 0 Å². The van der Waals surface area contributed by atoms with Crippen LogP contribution < -0.4 is 11.1 Å². The van der Waals surface area contributed by atoms with Crippen LogP contribution >= 0.6 is 11.6 Å². The molecule has 1 aliphatic carbocycles. The van der Waals surface area contributed by atoms with Crippen LogP contribution in [-0.2, 0) is 11.2 Å². The second kappa shape index (κ2) is 5.29. The van der Waals surface area contributed by atoms with Crippen LogP contribution in [0.3, 0.4) is 0 Å². The van der Waals surface area contributed by atoms with Crippen molar-refractivity contribution < 1.29 is 4.79 Å². The average molecular weight is 267 g/mol. The fourth-order valence-electron chi connectivity index (χ4n) is 2.19. The van der Waals surface area contributed by atoms with Gasteiger partial charge in [0.05, 0.1) is 12.0 Å². The van der Waals surface area contributed by atoms with E-state index >= 15 is 0 Å². The Bertz CT molecular complexity index is 428. The van der Waals surface area contributed by atoms with E-state index in [2.05, 4.69) is 5.32 Å². The molecular weight excluding hydrogens is 248 g/mol. The number of hydrogen-bond acceptors (Lipinski definition) is 2. The third kappa shape index (κ3) is 3.24. The Kier molecular flexibility index (Phi) is 3.93. The van der Waals surface area contributed by atoms with Crippen molar-refractivity contribution >= 4 is 17.5 Å². The average Bonchev–Trinajstić information content (AvgIpc) is 3.16. The van der Waals surface area contributed by atoms with Crippen LogP contribution in [0.25, 0.3) is 0 Å². The van der Waals surface area contributed by atoms with E-state index in [0.717, 1.165) is 18.4 Å². The summed E-state index contributed by atoms with van der Waals surface area (Å²) in [4.78, 5) is 12.0. The van der Waals surface area contributed by atoms with Gasteiger partial charge in [0.25, 0.3) is 0 Å². The number of nitrogens with two attached hydrogens (primary N) is 1. The number of hydrogen-bond donors (Lipinski definition) is 2. The summed E-state index contributed by atoms with van der Waals surface area (Å²) >= 11 is 5.81. The van der Waals surface area contributed by atoms with E-state index in [-0.39, 0.29) is 11.4 Å². The minimum absolute atomic E-state index is 0.0252. The second-order valence-electron chi connectivity index (χ2n) is 5.25. The molecule has 3 N–H and O–H groups in total.